The molecular weight excluding hydrogens is 344 g/mol. The molecule has 1 aromatic heterocycles. The molecule has 0 aliphatic carbocycles. The summed E-state index contributed by atoms with van der Waals surface area (Å²) in [5.74, 6) is 1.18. The van der Waals surface area contributed by atoms with Crippen LogP contribution in [-0.2, 0) is 16.1 Å². The van der Waals surface area contributed by atoms with Gasteiger partial charge in [-0.25, -0.2) is 9.78 Å². The monoisotopic (exact) mass is 376 g/mol. The molecule has 0 radical (unpaired) electrons. The predicted octanol–water partition coefficient (Wildman–Crippen LogP) is 2.97. The number of aryl methyl sites for hydroxylation is 2. The van der Waals surface area contributed by atoms with Crippen LogP contribution in [0, 0.1) is 6.92 Å². The fraction of sp³-hybridized carbons (Fsp3) is 0.750. The zero-order valence-corrected chi connectivity index (χ0v) is 16.8. The van der Waals surface area contributed by atoms with Gasteiger partial charge in [0.05, 0.1) is 6.54 Å². The summed E-state index contributed by atoms with van der Waals surface area (Å²) in [7, 11) is 0. The van der Waals surface area contributed by atoms with E-state index in [4.69, 9.17) is 4.74 Å². The van der Waals surface area contributed by atoms with Gasteiger partial charge in [0.1, 0.15) is 11.4 Å². The van der Waals surface area contributed by atoms with Crippen LogP contribution in [0.5, 0.6) is 0 Å². The van der Waals surface area contributed by atoms with E-state index in [0.29, 0.717) is 26.1 Å². The van der Waals surface area contributed by atoms with Crippen molar-refractivity contribution in [3.05, 3.63) is 18.2 Å². The minimum Gasteiger partial charge on any atom is -0.441 e. The Kier molecular flexibility index (Phi) is 6.07. The van der Waals surface area contributed by atoms with Gasteiger partial charge in [-0.1, -0.05) is 13.3 Å². The molecule has 0 saturated carbocycles. The van der Waals surface area contributed by atoms with Gasteiger partial charge in [-0.3, -0.25) is 4.79 Å². The third kappa shape index (κ3) is 4.45. The lowest BCUT2D eigenvalue weighted by molar-refractivity contribution is -0.134. The number of likely N-dealkylation sites (tertiary alicyclic amines) is 1. The highest BCUT2D eigenvalue weighted by molar-refractivity contribution is 5.76. The molecular formula is C20H32N4O3. The fourth-order valence-electron chi connectivity index (χ4n) is 4.18. The largest absolute Gasteiger partial charge is 0.441 e. The van der Waals surface area contributed by atoms with E-state index >= 15 is 0 Å². The van der Waals surface area contributed by atoms with Crippen LogP contribution in [0.15, 0.2) is 12.4 Å². The Bertz CT molecular complexity index is 664. The molecule has 2 aliphatic rings. The summed E-state index contributed by atoms with van der Waals surface area (Å²) in [5, 5.41) is 0. The second kappa shape index (κ2) is 8.31. The van der Waals surface area contributed by atoms with Gasteiger partial charge in [0.15, 0.2) is 0 Å². The molecule has 7 nitrogen and oxygen atoms in total. The zero-order valence-electron chi connectivity index (χ0n) is 16.8. The summed E-state index contributed by atoms with van der Waals surface area (Å²) in [6.07, 6.45) is 8.43. The summed E-state index contributed by atoms with van der Waals surface area (Å²) < 4.78 is 7.85. The molecule has 2 fully saturated rings. The van der Waals surface area contributed by atoms with Crippen LogP contribution in [0.2, 0.25) is 0 Å². The third-order valence-electron chi connectivity index (χ3n) is 5.98. The highest BCUT2D eigenvalue weighted by atomic mass is 16.6. The molecule has 1 aromatic rings. The predicted molar refractivity (Wildman–Crippen MR) is 102 cm³/mol. The van der Waals surface area contributed by atoms with Gasteiger partial charge in [-0.05, 0) is 26.7 Å². The number of carbonyl (C=O) groups excluding carboxylic acids is 2. The molecule has 150 valence electrons. The Morgan fingerprint density at radius 1 is 1.37 bits per heavy atom. The molecule has 3 heterocycles. The van der Waals surface area contributed by atoms with Crippen LogP contribution in [0.4, 0.5) is 4.79 Å². The van der Waals surface area contributed by atoms with E-state index in [2.05, 4.69) is 23.4 Å². The zero-order chi connectivity index (χ0) is 19.4. The molecule has 7 heteroatoms. The summed E-state index contributed by atoms with van der Waals surface area (Å²) in [6.45, 7) is 9.01. The number of piperidine rings is 1. The molecule has 0 aromatic carbocycles. The number of carbonyl (C=O) groups is 2. The smallest absolute Gasteiger partial charge is 0.410 e. The van der Waals surface area contributed by atoms with Crippen molar-refractivity contribution in [1.29, 1.82) is 0 Å². The average Bonchev–Trinajstić information content (AvgIpc) is 3.19. The van der Waals surface area contributed by atoms with Gasteiger partial charge >= 0.3 is 6.09 Å². The lowest BCUT2D eigenvalue weighted by Gasteiger charge is -2.37. The lowest BCUT2D eigenvalue weighted by Crippen LogP contribution is -2.49. The molecule has 27 heavy (non-hydrogen) atoms. The van der Waals surface area contributed by atoms with Crippen molar-refractivity contribution in [1.82, 2.24) is 19.4 Å². The average molecular weight is 377 g/mol. The second-order valence-electron chi connectivity index (χ2n) is 7.97. The van der Waals surface area contributed by atoms with Gasteiger partial charge < -0.3 is 19.1 Å². The number of aromatic nitrogens is 2. The van der Waals surface area contributed by atoms with Crippen molar-refractivity contribution in [3.8, 4) is 0 Å². The number of hydrogen-bond donors (Lipinski definition) is 0. The van der Waals surface area contributed by atoms with Crippen molar-refractivity contribution in [2.24, 2.45) is 0 Å². The molecule has 1 spiro atoms. The highest BCUT2D eigenvalue weighted by Gasteiger charge is 2.48. The number of rotatable bonds is 7. The minimum absolute atomic E-state index is 0.188. The van der Waals surface area contributed by atoms with E-state index in [1.807, 2.05) is 22.9 Å². The number of imidazole rings is 1. The molecule has 0 unspecified atom stereocenters. The van der Waals surface area contributed by atoms with Crippen LogP contribution in [0.1, 0.15) is 58.2 Å². The fourth-order valence-corrected chi connectivity index (χ4v) is 4.18. The van der Waals surface area contributed by atoms with E-state index in [1.165, 1.54) is 0 Å². The van der Waals surface area contributed by atoms with Crippen molar-refractivity contribution in [2.75, 3.05) is 19.6 Å². The molecule has 1 atom stereocenters. The van der Waals surface area contributed by atoms with Crippen LogP contribution in [0.3, 0.4) is 0 Å². The van der Waals surface area contributed by atoms with Crippen molar-refractivity contribution in [2.45, 2.75) is 77.5 Å². The Morgan fingerprint density at radius 2 is 2.11 bits per heavy atom. The Labute approximate surface area is 161 Å². The van der Waals surface area contributed by atoms with E-state index < -0.39 is 5.60 Å². The number of amides is 2. The molecule has 0 N–H and O–H groups in total. The minimum atomic E-state index is -0.399. The van der Waals surface area contributed by atoms with Crippen molar-refractivity contribution in [3.63, 3.8) is 0 Å². The number of ether oxygens (including phenoxy) is 1. The van der Waals surface area contributed by atoms with E-state index in [0.717, 1.165) is 44.5 Å². The van der Waals surface area contributed by atoms with Crippen molar-refractivity contribution < 1.29 is 14.3 Å². The first kappa shape index (κ1) is 19.7. The van der Waals surface area contributed by atoms with E-state index in [1.54, 1.807) is 6.20 Å². The number of nitrogens with zero attached hydrogens (tertiary/aromatic N) is 4. The van der Waals surface area contributed by atoms with Crippen LogP contribution >= 0.6 is 0 Å². The summed E-state index contributed by atoms with van der Waals surface area (Å²) in [6, 6.07) is 0.216. The van der Waals surface area contributed by atoms with Crippen LogP contribution in [-0.4, -0.2) is 62.6 Å². The van der Waals surface area contributed by atoms with E-state index in [-0.39, 0.29) is 18.0 Å². The van der Waals surface area contributed by atoms with Gasteiger partial charge in [-0.2, -0.15) is 0 Å². The summed E-state index contributed by atoms with van der Waals surface area (Å²) >= 11 is 0. The second-order valence-corrected chi connectivity index (χ2v) is 7.97. The van der Waals surface area contributed by atoms with Gasteiger partial charge in [0.2, 0.25) is 5.91 Å². The van der Waals surface area contributed by atoms with Gasteiger partial charge in [-0.15, -0.1) is 0 Å². The molecule has 0 bridgehead atoms. The van der Waals surface area contributed by atoms with Gasteiger partial charge in [0, 0.05) is 57.3 Å². The molecule has 3 rings (SSSR count). The van der Waals surface area contributed by atoms with Crippen molar-refractivity contribution >= 4 is 12.0 Å². The maximum atomic E-state index is 12.5. The van der Waals surface area contributed by atoms with Crippen LogP contribution < -0.4 is 0 Å². The molecule has 2 amide bonds. The first-order valence-electron chi connectivity index (χ1n) is 10.2. The Balaban J connectivity index is 1.45. The Hall–Kier alpha value is -2.05. The standard InChI is InChI=1S/C20H32N4O3/c1-4-6-16(2)24-15-20(27-19(24)26)8-12-23(13-9-20)18(25)7-5-11-22-14-10-21-17(22)3/h10,14,16H,4-9,11-13,15H2,1-3H3/t16-/m0/s1. The highest BCUT2D eigenvalue weighted by Crippen LogP contribution is 2.34. The maximum Gasteiger partial charge on any atom is 0.410 e. The first-order chi connectivity index (χ1) is 12.9. The summed E-state index contributed by atoms with van der Waals surface area (Å²) in [5.41, 5.74) is -0.399. The lowest BCUT2D eigenvalue weighted by atomic mass is 9.90. The number of hydrogen-bond acceptors (Lipinski definition) is 4. The third-order valence-corrected chi connectivity index (χ3v) is 5.98. The summed E-state index contributed by atoms with van der Waals surface area (Å²) in [4.78, 5) is 32.8. The maximum absolute atomic E-state index is 12.5. The Morgan fingerprint density at radius 3 is 2.74 bits per heavy atom. The van der Waals surface area contributed by atoms with Gasteiger partial charge in [0.25, 0.3) is 0 Å². The van der Waals surface area contributed by atoms with E-state index in [9.17, 15) is 9.59 Å². The quantitative estimate of drug-likeness (QED) is 0.734. The normalized spacial score (nSPS) is 20.2. The topological polar surface area (TPSA) is 67.7 Å². The SMILES string of the molecule is CCC[C@H](C)N1CC2(CCN(C(=O)CCCn3ccnc3C)CC2)OC1=O. The first-order valence-corrected chi connectivity index (χ1v) is 10.2. The molecule has 2 aliphatic heterocycles. The molecule has 2 saturated heterocycles. The van der Waals surface area contributed by atoms with Crippen LogP contribution in [0.25, 0.3) is 0 Å².